The summed E-state index contributed by atoms with van der Waals surface area (Å²) >= 11 is 6.11. The van der Waals surface area contributed by atoms with Crippen LogP contribution in [-0.2, 0) is 9.84 Å². The lowest BCUT2D eigenvalue weighted by Crippen LogP contribution is -2.41. The number of carbonyl (C=O) groups excluding carboxylic acids is 1. The Bertz CT molecular complexity index is 687. The van der Waals surface area contributed by atoms with Gasteiger partial charge in [0.25, 0.3) is 5.91 Å². The summed E-state index contributed by atoms with van der Waals surface area (Å²) in [4.78, 5) is 14.4. The molecule has 1 saturated heterocycles. The Labute approximate surface area is 136 Å². The lowest BCUT2D eigenvalue weighted by molar-refractivity contribution is 0.0707. The van der Waals surface area contributed by atoms with E-state index >= 15 is 0 Å². The van der Waals surface area contributed by atoms with Gasteiger partial charge in [0.2, 0.25) is 0 Å². The average Bonchev–Trinajstić information content (AvgIpc) is 2.81. The molecule has 1 aliphatic heterocycles. The molecular formula is C15H20ClNO4S. The lowest BCUT2D eigenvalue weighted by Gasteiger charge is -2.27. The number of aryl methyl sites for hydroxylation is 1. The molecule has 1 heterocycles. The van der Waals surface area contributed by atoms with E-state index < -0.39 is 9.84 Å². The van der Waals surface area contributed by atoms with Gasteiger partial charge in [-0.05, 0) is 38.0 Å². The third-order valence-corrected chi connectivity index (χ3v) is 6.03. The second kappa shape index (κ2) is 6.46. The van der Waals surface area contributed by atoms with Crippen LogP contribution in [0.5, 0.6) is 5.75 Å². The average molecular weight is 346 g/mol. The van der Waals surface area contributed by atoms with Gasteiger partial charge in [-0.3, -0.25) is 4.79 Å². The number of hydrogen-bond donors (Lipinski definition) is 0. The van der Waals surface area contributed by atoms with Crippen molar-refractivity contribution in [2.75, 3.05) is 25.2 Å². The Morgan fingerprint density at radius 2 is 2.14 bits per heavy atom. The van der Waals surface area contributed by atoms with Crippen molar-refractivity contribution in [1.29, 1.82) is 0 Å². The van der Waals surface area contributed by atoms with Gasteiger partial charge in [-0.15, -0.1) is 0 Å². The van der Waals surface area contributed by atoms with Crippen LogP contribution >= 0.6 is 11.6 Å². The molecule has 1 aromatic carbocycles. The summed E-state index contributed by atoms with van der Waals surface area (Å²) in [6.07, 6.45) is 0.491. The van der Waals surface area contributed by atoms with Crippen LogP contribution in [0.1, 0.15) is 29.3 Å². The van der Waals surface area contributed by atoms with Gasteiger partial charge in [0.05, 0.1) is 23.6 Å². The number of halogens is 1. The summed E-state index contributed by atoms with van der Waals surface area (Å²) < 4.78 is 28.4. The zero-order chi connectivity index (χ0) is 16.5. The number of sulfone groups is 1. The Hall–Kier alpha value is -1.27. The summed E-state index contributed by atoms with van der Waals surface area (Å²) in [7, 11) is -1.52. The van der Waals surface area contributed by atoms with E-state index in [-0.39, 0.29) is 23.5 Å². The highest BCUT2D eigenvalue weighted by Gasteiger charge is 2.34. The molecule has 0 N–H and O–H groups in total. The minimum Gasteiger partial charge on any atom is -0.495 e. The van der Waals surface area contributed by atoms with Crippen LogP contribution in [0.3, 0.4) is 0 Å². The molecule has 1 aliphatic rings. The van der Waals surface area contributed by atoms with Crippen LogP contribution in [0, 0.1) is 6.92 Å². The number of rotatable bonds is 4. The minimum absolute atomic E-state index is 0.0372. The van der Waals surface area contributed by atoms with Crippen LogP contribution in [0.4, 0.5) is 0 Å². The monoisotopic (exact) mass is 345 g/mol. The van der Waals surface area contributed by atoms with Crippen LogP contribution in [0.25, 0.3) is 0 Å². The number of benzene rings is 1. The van der Waals surface area contributed by atoms with Crippen LogP contribution in [0.2, 0.25) is 5.02 Å². The molecule has 1 amide bonds. The van der Waals surface area contributed by atoms with Gasteiger partial charge in [0.1, 0.15) is 5.75 Å². The van der Waals surface area contributed by atoms with E-state index in [1.54, 1.807) is 17.0 Å². The highest BCUT2D eigenvalue weighted by Crippen LogP contribution is 2.29. The van der Waals surface area contributed by atoms with Crippen molar-refractivity contribution in [3.05, 3.63) is 28.3 Å². The summed E-state index contributed by atoms with van der Waals surface area (Å²) in [6.45, 7) is 4.12. The first kappa shape index (κ1) is 17.1. The number of nitrogens with zero attached hydrogens (tertiary/aromatic N) is 1. The Morgan fingerprint density at radius 1 is 1.45 bits per heavy atom. The molecule has 1 fully saturated rings. The first-order valence-corrected chi connectivity index (χ1v) is 9.34. The van der Waals surface area contributed by atoms with Gasteiger partial charge in [-0.1, -0.05) is 11.6 Å². The number of methoxy groups -OCH3 is 1. The fourth-order valence-corrected chi connectivity index (χ4v) is 4.76. The lowest BCUT2D eigenvalue weighted by atomic mass is 10.1. The first-order chi connectivity index (χ1) is 10.3. The molecule has 0 saturated carbocycles. The molecule has 0 bridgehead atoms. The molecule has 7 heteroatoms. The molecule has 1 unspecified atom stereocenters. The van der Waals surface area contributed by atoms with E-state index in [4.69, 9.17) is 16.3 Å². The van der Waals surface area contributed by atoms with Gasteiger partial charge in [0.15, 0.2) is 9.84 Å². The fourth-order valence-electron chi connectivity index (χ4n) is 2.79. The van der Waals surface area contributed by atoms with Crippen molar-refractivity contribution >= 4 is 27.3 Å². The maximum atomic E-state index is 12.8. The van der Waals surface area contributed by atoms with Gasteiger partial charge in [-0.25, -0.2) is 8.42 Å². The predicted molar refractivity (Wildman–Crippen MR) is 86.5 cm³/mol. The fraction of sp³-hybridized carbons (Fsp3) is 0.533. The molecule has 0 aliphatic carbocycles. The van der Waals surface area contributed by atoms with Crippen molar-refractivity contribution in [3.63, 3.8) is 0 Å². The number of amides is 1. The molecule has 2 rings (SSSR count). The molecule has 0 aromatic heterocycles. The number of ether oxygens (including phenoxy) is 1. The maximum absolute atomic E-state index is 12.8. The van der Waals surface area contributed by atoms with E-state index in [9.17, 15) is 13.2 Å². The molecule has 1 aromatic rings. The normalized spacial score (nSPS) is 19.9. The number of hydrogen-bond acceptors (Lipinski definition) is 4. The summed E-state index contributed by atoms with van der Waals surface area (Å²) in [5.41, 5.74) is 1.24. The van der Waals surface area contributed by atoms with Gasteiger partial charge >= 0.3 is 0 Å². The van der Waals surface area contributed by atoms with E-state index in [1.807, 2.05) is 13.8 Å². The summed E-state index contributed by atoms with van der Waals surface area (Å²) in [5, 5.41) is 0.367. The third kappa shape index (κ3) is 3.38. The summed E-state index contributed by atoms with van der Waals surface area (Å²) in [6, 6.07) is 3.04. The number of carbonyl (C=O) groups is 1. The van der Waals surface area contributed by atoms with E-state index in [1.165, 1.54) is 7.11 Å². The second-order valence-electron chi connectivity index (χ2n) is 5.45. The molecule has 122 valence electrons. The van der Waals surface area contributed by atoms with Crippen molar-refractivity contribution in [1.82, 2.24) is 4.90 Å². The van der Waals surface area contributed by atoms with E-state index in [2.05, 4.69) is 0 Å². The second-order valence-corrected chi connectivity index (χ2v) is 8.09. The molecular weight excluding hydrogens is 326 g/mol. The molecule has 5 nitrogen and oxygen atoms in total. The Morgan fingerprint density at radius 3 is 2.64 bits per heavy atom. The van der Waals surface area contributed by atoms with Crippen LogP contribution in [-0.4, -0.2) is 50.4 Å². The first-order valence-electron chi connectivity index (χ1n) is 7.14. The maximum Gasteiger partial charge on any atom is 0.254 e. The van der Waals surface area contributed by atoms with Crippen molar-refractivity contribution < 1.29 is 17.9 Å². The minimum atomic E-state index is -3.04. The Balaban J connectivity index is 2.31. The molecule has 1 atom stereocenters. The smallest absolute Gasteiger partial charge is 0.254 e. The van der Waals surface area contributed by atoms with Crippen molar-refractivity contribution in [3.8, 4) is 5.75 Å². The highest BCUT2D eigenvalue weighted by molar-refractivity contribution is 7.91. The SMILES string of the molecule is CCN(C(=O)c1cc(Cl)c(OC)cc1C)C1CCS(=O)(=O)C1. The van der Waals surface area contributed by atoms with E-state index in [0.717, 1.165) is 5.56 Å². The Kier molecular flexibility index (Phi) is 5.02. The quantitative estimate of drug-likeness (QED) is 0.840. The van der Waals surface area contributed by atoms with Crippen LogP contribution in [0.15, 0.2) is 12.1 Å². The van der Waals surface area contributed by atoms with Gasteiger partial charge in [-0.2, -0.15) is 0 Å². The van der Waals surface area contributed by atoms with E-state index in [0.29, 0.717) is 29.3 Å². The molecule has 0 radical (unpaired) electrons. The van der Waals surface area contributed by atoms with Crippen LogP contribution < -0.4 is 4.74 Å². The largest absolute Gasteiger partial charge is 0.495 e. The van der Waals surface area contributed by atoms with Crippen molar-refractivity contribution in [2.24, 2.45) is 0 Å². The predicted octanol–water partition coefficient (Wildman–Crippen LogP) is 2.31. The van der Waals surface area contributed by atoms with Crippen molar-refractivity contribution in [2.45, 2.75) is 26.3 Å². The summed E-state index contributed by atoms with van der Waals surface area (Å²) in [5.74, 6) is 0.508. The zero-order valence-corrected chi connectivity index (χ0v) is 14.5. The van der Waals surface area contributed by atoms with Gasteiger partial charge < -0.3 is 9.64 Å². The molecule has 0 spiro atoms. The topological polar surface area (TPSA) is 63.7 Å². The highest BCUT2D eigenvalue weighted by atomic mass is 35.5. The zero-order valence-electron chi connectivity index (χ0n) is 12.9. The third-order valence-electron chi connectivity index (χ3n) is 3.98. The molecule has 22 heavy (non-hydrogen) atoms. The van der Waals surface area contributed by atoms with Gasteiger partial charge in [0, 0.05) is 18.2 Å². The standard InChI is InChI=1S/C15H20ClNO4S/c1-4-17(11-5-6-22(19,20)9-11)15(18)12-8-13(16)14(21-3)7-10(12)2/h7-8,11H,4-6,9H2,1-3H3.